The highest BCUT2D eigenvalue weighted by Crippen LogP contribution is 2.42. The molecule has 26 heavy (non-hydrogen) atoms. The van der Waals surface area contributed by atoms with Crippen molar-refractivity contribution in [1.29, 1.82) is 0 Å². The van der Waals surface area contributed by atoms with E-state index in [4.69, 9.17) is 0 Å². The average Bonchev–Trinajstić information content (AvgIpc) is 3.03. The van der Waals surface area contributed by atoms with Gasteiger partial charge in [-0.25, -0.2) is 5.43 Å². The molecule has 0 spiro atoms. The standard InChI is InChI=1S/C19H14BrN3O3/c20-14-6-4-11(5-7-14)13-9-16(18-17(10-13)21-22-19(18)24)12-2-1-3-15(8-12)23(25)26/h1-8,10,16,18H,9H2,(H,22,24). The van der Waals surface area contributed by atoms with Gasteiger partial charge in [0.1, 0.15) is 0 Å². The van der Waals surface area contributed by atoms with Gasteiger partial charge in [-0.05, 0) is 41.3 Å². The number of amides is 1. The first kappa shape index (κ1) is 16.7. The summed E-state index contributed by atoms with van der Waals surface area (Å²) in [5.41, 5.74) is 6.12. The first-order valence-electron chi connectivity index (χ1n) is 8.11. The largest absolute Gasteiger partial charge is 0.272 e. The first-order chi connectivity index (χ1) is 12.5. The monoisotopic (exact) mass is 411 g/mol. The Labute approximate surface area is 157 Å². The molecule has 0 saturated carbocycles. The van der Waals surface area contributed by atoms with Crippen molar-refractivity contribution in [1.82, 2.24) is 5.43 Å². The van der Waals surface area contributed by atoms with Crippen molar-refractivity contribution in [2.24, 2.45) is 11.0 Å². The zero-order valence-corrected chi connectivity index (χ0v) is 15.1. The minimum atomic E-state index is -0.420. The van der Waals surface area contributed by atoms with Gasteiger partial charge in [0.25, 0.3) is 5.69 Å². The molecule has 2 aliphatic rings. The number of hydrogen-bond donors (Lipinski definition) is 1. The summed E-state index contributed by atoms with van der Waals surface area (Å²) in [6.07, 6.45) is 2.56. The minimum Gasteiger partial charge on any atom is -0.272 e. The second-order valence-electron chi connectivity index (χ2n) is 6.33. The molecule has 2 atom stereocenters. The van der Waals surface area contributed by atoms with E-state index in [9.17, 15) is 14.9 Å². The molecule has 2 aromatic rings. The fourth-order valence-electron chi connectivity index (χ4n) is 3.54. The Balaban J connectivity index is 1.77. The molecule has 1 aliphatic carbocycles. The number of rotatable bonds is 3. The summed E-state index contributed by atoms with van der Waals surface area (Å²) in [5.74, 6) is -0.779. The number of carbonyl (C=O) groups is 1. The molecule has 1 heterocycles. The number of nitro benzene ring substituents is 1. The fourth-order valence-corrected chi connectivity index (χ4v) is 3.80. The van der Waals surface area contributed by atoms with Gasteiger partial charge in [0.05, 0.1) is 16.6 Å². The van der Waals surface area contributed by atoms with Crippen LogP contribution in [0.25, 0.3) is 5.57 Å². The lowest BCUT2D eigenvalue weighted by molar-refractivity contribution is -0.384. The average molecular weight is 412 g/mol. The van der Waals surface area contributed by atoms with E-state index in [1.54, 1.807) is 12.1 Å². The van der Waals surface area contributed by atoms with E-state index in [2.05, 4.69) is 26.5 Å². The Hall–Kier alpha value is -2.80. The number of halogens is 1. The molecule has 0 fully saturated rings. The van der Waals surface area contributed by atoms with Crippen LogP contribution in [-0.2, 0) is 4.79 Å². The third-order valence-corrected chi connectivity index (χ3v) is 5.31. The minimum absolute atomic E-state index is 0.0270. The summed E-state index contributed by atoms with van der Waals surface area (Å²) >= 11 is 3.43. The lowest BCUT2D eigenvalue weighted by Crippen LogP contribution is -2.31. The van der Waals surface area contributed by atoms with E-state index in [1.165, 1.54) is 6.07 Å². The highest BCUT2D eigenvalue weighted by atomic mass is 79.9. The molecule has 1 amide bonds. The molecule has 7 heteroatoms. The predicted molar refractivity (Wildman–Crippen MR) is 102 cm³/mol. The Kier molecular flexibility index (Phi) is 4.16. The van der Waals surface area contributed by atoms with E-state index < -0.39 is 10.8 Å². The molecule has 0 radical (unpaired) electrons. The van der Waals surface area contributed by atoms with Crippen LogP contribution in [0.15, 0.2) is 64.2 Å². The van der Waals surface area contributed by atoms with Crippen molar-refractivity contribution < 1.29 is 9.72 Å². The number of non-ortho nitro benzene ring substituents is 1. The molecule has 1 aliphatic heterocycles. The maximum atomic E-state index is 12.3. The number of fused-ring (bicyclic) bond motifs is 1. The van der Waals surface area contributed by atoms with Gasteiger partial charge in [0.15, 0.2) is 0 Å². The number of hydrazone groups is 1. The molecule has 4 rings (SSSR count). The van der Waals surface area contributed by atoms with Gasteiger partial charge in [0, 0.05) is 22.5 Å². The van der Waals surface area contributed by atoms with Crippen LogP contribution < -0.4 is 5.43 Å². The van der Waals surface area contributed by atoms with Crippen LogP contribution in [0.2, 0.25) is 0 Å². The van der Waals surface area contributed by atoms with Crippen LogP contribution in [0.1, 0.15) is 23.5 Å². The van der Waals surface area contributed by atoms with Gasteiger partial charge in [-0.15, -0.1) is 0 Å². The van der Waals surface area contributed by atoms with Crippen molar-refractivity contribution >= 4 is 38.8 Å². The quantitative estimate of drug-likeness (QED) is 0.610. The molecule has 130 valence electrons. The molecule has 2 aromatic carbocycles. The van der Waals surface area contributed by atoms with Crippen LogP contribution >= 0.6 is 15.9 Å². The van der Waals surface area contributed by atoms with Gasteiger partial charge >= 0.3 is 0 Å². The van der Waals surface area contributed by atoms with Gasteiger partial charge in [-0.1, -0.05) is 40.2 Å². The number of hydrogen-bond acceptors (Lipinski definition) is 4. The maximum absolute atomic E-state index is 12.3. The zero-order valence-electron chi connectivity index (χ0n) is 13.6. The summed E-state index contributed by atoms with van der Waals surface area (Å²) in [4.78, 5) is 23.0. The van der Waals surface area contributed by atoms with Crippen LogP contribution in [0.5, 0.6) is 0 Å². The zero-order chi connectivity index (χ0) is 18.3. The summed E-state index contributed by atoms with van der Waals surface area (Å²) in [6, 6.07) is 14.5. The van der Waals surface area contributed by atoms with Crippen LogP contribution in [0, 0.1) is 16.0 Å². The summed E-state index contributed by atoms with van der Waals surface area (Å²) in [6.45, 7) is 0. The lowest BCUT2D eigenvalue weighted by Gasteiger charge is -2.28. The Morgan fingerprint density at radius 3 is 2.69 bits per heavy atom. The molecule has 6 nitrogen and oxygen atoms in total. The van der Waals surface area contributed by atoms with Crippen LogP contribution in [0.4, 0.5) is 5.69 Å². The van der Waals surface area contributed by atoms with Gasteiger partial charge in [0.2, 0.25) is 5.91 Å². The topological polar surface area (TPSA) is 84.6 Å². The third kappa shape index (κ3) is 2.94. The van der Waals surface area contributed by atoms with Gasteiger partial charge in [-0.2, -0.15) is 5.10 Å². The van der Waals surface area contributed by atoms with E-state index in [0.29, 0.717) is 12.1 Å². The number of nitrogens with zero attached hydrogens (tertiary/aromatic N) is 2. The summed E-state index contributed by atoms with van der Waals surface area (Å²) in [7, 11) is 0. The summed E-state index contributed by atoms with van der Waals surface area (Å²) < 4.78 is 0.987. The molecule has 0 aromatic heterocycles. The first-order valence-corrected chi connectivity index (χ1v) is 8.90. The molecular formula is C19H14BrN3O3. The van der Waals surface area contributed by atoms with E-state index in [0.717, 1.165) is 21.2 Å². The fraction of sp³-hybridized carbons (Fsp3) is 0.158. The Morgan fingerprint density at radius 2 is 1.96 bits per heavy atom. The predicted octanol–water partition coefficient (Wildman–Crippen LogP) is 4.03. The van der Waals surface area contributed by atoms with Crippen molar-refractivity contribution in [2.45, 2.75) is 12.3 Å². The second kappa shape index (κ2) is 6.49. The molecule has 1 N–H and O–H groups in total. The Morgan fingerprint density at radius 1 is 1.19 bits per heavy atom. The van der Waals surface area contributed by atoms with Crippen molar-refractivity contribution in [3.8, 4) is 0 Å². The number of carbonyl (C=O) groups excluding carboxylic acids is 1. The Bertz CT molecular complexity index is 966. The molecule has 0 bridgehead atoms. The van der Waals surface area contributed by atoms with Crippen molar-refractivity contribution in [3.05, 3.63) is 80.3 Å². The molecular weight excluding hydrogens is 398 g/mol. The van der Waals surface area contributed by atoms with E-state index in [1.807, 2.05) is 36.4 Å². The van der Waals surface area contributed by atoms with Gasteiger partial charge in [-0.3, -0.25) is 14.9 Å². The van der Waals surface area contributed by atoms with Crippen LogP contribution in [-0.4, -0.2) is 16.5 Å². The van der Waals surface area contributed by atoms with Gasteiger partial charge < -0.3 is 0 Å². The second-order valence-corrected chi connectivity index (χ2v) is 7.25. The third-order valence-electron chi connectivity index (χ3n) is 4.78. The number of nitrogens with one attached hydrogen (secondary N) is 1. The lowest BCUT2D eigenvalue weighted by atomic mass is 9.73. The van der Waals surface area contributed by atoms with Crippen molar-refractivity contribution in [2.75, 3.05) is 0 Å². The van der Waals surface area contributed by atoms with Crippen LogP contribution in [0.3, 0.4) is 0 Å². The highest BCUT2D eigenvalue weighted by molar-refractivity contribution is 9.10. The van der Waals surface area contributed by atoms with Crippen molar-refractivity contribution in [3.63, 3.8) is 0 Å². The number of benzene rings is 2. The normalized spacial score (nSPS) is 21.5. The van der Waals surface area contributed by atoms with E-state index >= 15 is 0 Å². The molecule has 2 unspecified atom stereocenters. The number of nitro groups is 1. The maximum Gasteiger partial charge on any atom is 0.269 e. The number of allylic oxidation sites excluding steroid dienone is 2. The highest BCUT2D eigenvalue weighted by Gasteiger charge is 2.40. The summed E-state index contributed by atoms with van der Waals surface area (Å²) in [5, 5.41) is 15.3. The smallest absolute Gasteiger partial charge is 0.269 e. The van der Waals surface area contributed by atoms with E-state index in [-0.39, 0.29) is 17.5 Å². The SMILES string of the molecule is O=C1NN=C2C=C(c3ccc(Br)cc3)CC(c3cccc([N+](=O)[O-])c3)C12. The molecule has 0 saturated heterocycles.